The molecular weight excluding hydrogens is 446 g/mol. The van der Waals surface area contributed by atoms with Crippen molar-refractivity contribution in [2.75, 3.05) is 0 Å². The predicted molar refractivity (Wildman–Crippen MR) is 167 cm³/mol. The molecule has 0 aliphatic rings. The maximum absolute atomic E-state index is 3.69. The van der Waals surface area contributed by atoms with Crippen molar-refractivity contribution in [3.8, 4) is 0 Å². The topological polar surface area (TPSA) is 15.8 Å². The Morgan fingerprint density at radius 3 is 1.38 bits per heavy atom. The molecule has 1 nitrogen and oxygen atoms in total. The van der Waals surface area contributed by atoms with Crippen LogP contribution in [0.1, 0.15) is 153 Å². The quantitative estimate of drug-likeness (QED) is 0.131. The SMILES string of the molecule is CCCCCCCCCCCCc1cc2[nH]c3ccccc3c2cc1CCCCCCCCCCCC. The van der Waals surface area contributed by atoms with Gasteiger partial charge in [-0.2, -0.15) is 0 Å². The minimum Gasteiger partial charge on any atom is -0.355 e. The van der Waals surface area contributed by atoms with Gasteiger partial charge < -0.3 is 4.98 Å². The fourth-order valence-corrected chi connectivity index (χ4v) is 6.06. The van der Waals surface area contributed by atoms with E-state index >= 15 is 0 Å². The molecule has 1 heterocycles. The van der Waals surface area contributed by atoms with E-state index in [1.54, 1.807) is 11.1 Å². The van der Waals surface area contributed by atoms with E-state index in [1.807, 2.05) is 0 Å². The van der Waals surface area contributed by atoms with Crippen LogP contribution in [0.3, 0.4) is 0 Å². The highest BCUT2D eigenvalue weighted by Crippen LogP contribution is 2.30. The van der Waals surface area contributed by atoms with Gasteiger partial charge in [0.25, 0.3) is 0 Å². The van der Waals surface area contributed by atoms with Gasteiger partial charge in [0.05, 0.1) is 0 Å². The van der Waals surface area contributed by atoms with Crippen molar-refractivity contribution in [1.29, 1.82) is 0 Å². The van der Waals surface area contributed by atoms with Gasteiger partial charge in [-0.1, -0.05) is 148 Å². The minimum absolute atomic E-state index is 1.24. The largest absolute Gasteiger partial charge is 0.355 e. The Labute approximate surface area is 229 Å². The standard InChI is InChI=1S/C36H57N/c1-3-5-7-9-11-13-15-17-19-21-25-31-29-34-33-27-23-24-28-35(33)37-36(34)30-32(31)26-22-20-18-16-14-12-10-8-6-4-2/h23-24,27-30,37H,3-22,25-26H2,1-2H3. The Balaban J connectivity index is 1.46. The number of fused-ring (bicyclic) bond motifs is 3. The highest BCUT2D eigenvalue weighted by Gasteiger charge is 2.10. The Morgan fingerprint density at radius 1 is 0.432 bits per heavy atom. The van der Waals surface area contributed by atoms with Crippen molar-refractivity contribution in [3.63, 3.8) is 0 Å². The molecule has 3 rings (SSSR count). The lowest BCUT2D eigenvalue weighted by atomic mass is 9.94. The number of hydrogen-bond acceptors (Lipinski definition) is 0. The van der Waals surface area contributed by atoms with Crippen molar-refractivity contribution in [3.05, 3.63) is 47.5 Å². The zero-order valence-corrected chi connectivity index (χ0v) is 24.5. The van der Waals surface area contributed by atoms with E-state index in [9.17, 15) is 0 Å². The van der Waals surface area contributed by atoms with Gasteiger partial charge in [0, 0.05) is 21.8 Å². The molecule has 2 aromatic carbocycles. The number of aromatic amines is 1. The monoisotopic (exact) mass is 503 g/mol. The van der Waals surface area contributed by atoms with E-state index in [1.165, 1.54) is 163 Å². The summed E-state index contributed by atoms with van der Waals surface area (Å²) < 4.78 is 0. The van der Waals surface area contributed by atoms with Gasteiger partial charge in [-0.3, -0.25) is 0 Å². The first-order chi connectivity index (χ1) is 18.3. The molecule has 0 amide bonds. The molecule has 1 aromatic heterocycles. The average Bonchev–Trinajstić information content (AvgIpc) is 3.28. The van der Waals surface area contributed by atoms with E-state index in [4.69, 9.17) is 0 Å². The van der Waals surface area contributed by atoms with Crippen LogP contribution in [0.2, 0.25) is 0 Å². The molecule has 1 N–H and O–H groups in total. The van der Waals surface area contributed by atoms with Crippen LogP contribution in [0.25, 0.3) is 21.8 Å². The van der Waals surface area contributed by atoms with Crippen molar-refractivity contribution < 1.29 is 0 Å². The lowest BCUT2D eigenvalue weighted by Crippen LogP contribution is -1.96. The van der Waals surface area contributed by atoms with Crippen LogP contribution >= 0.6 is 0 Å². The molecule has 1 heteroatoms. The highest BCUT2D eigenvalue weighted by atomic mass is 14.7. The molecule has 37 heavy (non-hydrogen) atoms. The van der Waals surface area contributed by atoms with E-state index in [0.717, 1.165) is 0 Å². The summed E-state index contributed by atoms with van der Waals surface area (Å²) in [7, 11) is 0. The van der Waals surface area contributed by atoms with E-state index in [0.29, 0.717) is 0 Å². The third kappa shape index (κ3) is 10.9. The van der Waals surface area contributed by atoms with Gasteiger partial charge >= 0.3 is 0 Å². The summed E-state index contributed by atoms with van der Waals surface area (Å²) in [6.45, 7) is 4.61. The van der Waals surface area contributed by atoms with Crippen molar-refractivity contribution in [1.82, 2.24) is 4.98 Å². The lowest BCUT2D eigenvalue weighted by Gasteiger charge is -2.11. The second-order valence-corrected chi connectivity index (χ2v) is 11.7. The third-order valence-corrected chi connectivity index (χ3v) is 8.43. The zero-order chi connectivity index (χ0) is 26.0. The van der Waals surface area contributed by atoms with Crippen LogP contribution in [-0.2, 0) is 12.8 Å². The number of H-pyrrole nitrogens is 1. The number of para-hydroxylation sites is 1. The van der Waals surface area contributed by atoms with E-state index in [-0.39, 0.29) is 0 Å². The summed E-state index contributed by atoms with van der Waals surface area (Å²) in [5.41, 5.74) is 5.83. The van der Waals surface area contributed by atoms with Crippen LogP contribution < -0.4 is 0 Å². The van der Waals surface area contributed by atoms with E-state index < -0.39 is 0 Å². The molecule has 0 unspecified atom stereocenters. The normalized spacial score (nSPS) is 11.7. The molecule has 0 radical (unpaired) electrons. The second-order valence-electron chi connectivity index (χ2n) is 11.7. The Morgan fingerprint density at radius 2 is 0.865 bits per heavy atom. The lowest BCUT2D eigenvalue weighted by molar-refractivity contribution is 0.553. The number of unbranched alkanes of at least 4 members (excludes halogenated alkanes) is 18. The first-order valence-corrected chi connectivity index (χ1v) is 16.4. The Kier molecular flexibility index (Phi) is 14.9. The highest BCUT2D eigenvalue weighted by molar-refractivity contribution is 6.07. The summed E-state index contributed by atoms with van der Waals surface area (Å²) in [6.07, 6.45) is 30.7. The van der Waals surface area contributed by atoms with Crippen molar-refractivity contribution in [2.24, 2.45) is 0 Å². The molecule has 0 spiro atoms. The number of rotatable bonds is 22. The van der Waals surface area contributed by atoms with Crippen LogP contribution in [0, 0.1) is 0 Å². The van der Waals surface area contributed by atoms with Gasteiger partial charge in [0.2, 0.25) is 0 Å². The predicted octanol–water partition coefficient (Wildman–Crippen LogP) is 12.2. The molecule has 0 aliphatic heterocycles. The molecule has 0 saturated carbocycles. The molecule has 0 fully saturated rings. The second kappa shape index (κ2) is 18.5. The third-order valence-electron chi connectivity index (χ3n) is 8.43. The summed E-state index contributed by atoms with van der Waals surface area (Å²) in [5, 5.41) is 2.80. The molecule has 0 atom stereocenters. The number of nitrogens with one attached hydrogen (secondary N) is 1. The summed E-state index contributed by atoms with van der Waals surface area (Å²) in [6, 6.07) is 13.9. The molecule has 206 valence electrons. The molecular formula is C36H57N. The zero-order valence-electron chi connectivity index (χ0n) is 24.5. The van der Waals surface area contributed by atoms with E-state index in [2.05, 4.69) is 55.2 Å². The maximum Gasteiger partial charge on any atom is 0.0467 e. The minimum atomic E-state index is 1.24. The molecule has 3 aromatic rings. The fourth-order valence-electron chi connectivity index (χ4n) is 6.06. The number of aromatic nitrogens is 1. The van der Waals surface area contributed by atoms with Gasteiger partial charge in [0.1, 0.15) is 0 Å². The first-order valence-electron chi connectivity index (χ1n) is 16.4. The van der Waals surface area contributed by atoms with Crippen LogP contribution in [0.15, 0.2) is 36.4 Å². The number of aryl methyl sites for hydroxylation is 2. The van der Waals surface area contributed by atoms with Crippen LogP contribution in [0.5, 0.6) is 0 Å². The Hall–Kier alpha value is -1.76. The molecule has 0 aliphatic carbocycles. The van der Waals surface area contributed by atoms with Gasteiger partial charge in [-0.15, -0.1) is 0 Å². The number of benzene rings is 2. The van der Waals surface area contributed by atoms with Crippen molar-refractivity contribution in [2.45, 2.75) is 155 Å². The maximum atomic E-state index is 3.69. The fraction of sp³-hybridized carbons (Fsp3) is 0.667. The first kappa shape index (κ1) is 29.8. The summed E-state index contributed by atoms with van der Waals surface area (Å²) in [5.74, 6) is 0. The number of hydrogen-bond donors (Lipinski definition) is 1. The van der Waals surface area contributed by atoms with Crippen LogP contribution in [-0.4, -0.2) is 4.98 Å². The van der Waals surface area contributed by atoms with Crippen LogP contribution in [0.4, 0.5) is 0 Å². The average molecular weight is 504 g/mol. The van der Waals surface area contributed by atoms with Gasteiger partial charge in [-0.25, -0.2) is 0 Å². The smallest absolute Gasteiger partial charge is 0.0467 e. The van der Waals surface area contributed by atoms with Crippen molar-refractivity contribution >= 4 is 21.8 Å². The molecule has 0 saturated heterocycles. The Bertz CT molecular complexity index is 981. The van der Waals surface area contributed by atoms with Gasteiger partial charge in [-0.05, 0) is 55.0 Å². The summed E-state index contributed by atoms with van der Waals surface area (Å²) in [4.78, 5) is 3.69. The summed E-state index contributed by atoms with van der Waals surface area (Å²) >= 11 is 0. The van der Waals surface area contributed by atoms with Gasteiger partial charge in [0.15, 0.2) is 0 Å². The molecule has 0 bridgehead atoms.